The Labute approximate surface area is 142 Å². The van der Waals surface area contributed by atoms with Gasteiger partial charge in [0, 0.05) is 32.2 Å². The van der Waals surface area contributed by atoms with Crippen LogP contribution in [0.15, 0.2) is 12.3 Å². The zero-order chi connectivity index (χ0) is 14.6. The van der Waals surface area contributed by atoms with Gasteiger partial charge in [0.05, 0.1) is 5.56 Å². The number of rotatable bonds is 0. The summed E-state index contributed by atoms with van der Waals surface area (Å²) < 4.78 is 2.33. The summed E-state index contributed by atoms with van der Waals surface area (Å²) in [5.41, 5.74) is 13.2. The van der Waals surface area contributed by atoms with Crippen molar-refractivity contribution in [2.24, 2.45) is 7.05 Å². The van der Waals surface area contributed by atoms with Gasteiger partial charge in [0.2, 0.25) is 5.69 Å². The van der Waals surface area contributed by atoms with E-state index >= 15 is 0 Å². The molecule has 21 heavy (non-hydrogen) atoms. The Kier molecular flexibility index (Phi) is 4.45. The normalized spacial score (nSPS) is 12.5. The van der Waals surface area contributed by atoms with Crippen molar-refractivity contribution >= 4 is 0 Å². The van der Waals surface area contributed by atoms with E-state index < -0.39 is 0 Å². The van der Waals surface area contributed by atoms with E-state index in [4.69, 9.17) is 0 Å². The third kappa shape index (κ3) is 2.40. The van der Waals surface area contributed by atoms with Gasteiger partial charge in [-0.05, 0) is 75.3 Å². The van der Waals surface area contributed by atoms with Crippen LogP contribution in [0.3, 0.4) is 0 Å². The first-order valence-corrected chi connectivity index (χ1v) is 7.50. The van der Waals surface area contributed by atoms with Gasteiger partial charge in [-0.2, -0.15) is 0 Å². The fourth-order valence-electron chi connectivity index (χ4n) is 3.77. The Morgan fingerprint density at radius 1 is 0.810 bits per heavy atom. The van der Waals surface area contributed by atoms with Crippen molar-refractivity contribution in [1.29, 1.82) is 0 Å². The molecule has 0 fully saturated rings. The first kappa shape index (κ1) is 16.4. The number of aryl methyl sites for hydroxylation is 4. The molecule has 0 saturated carbocycles. The third-order valence-electron chi connectivity index (χ3n) is 5.11. The van der Waals surface area contributed by atoms with Crippen molar-refractivity contribution in [2.45, 2.75) is 47.5 Å². The minimum absolute atomic E-state index is 0. The Morgan fingerprint density at radius 3 is 2.05 bits per heavy atom. The van der Waals surface area contributed by atoms with E-state index in [1.165, 1.54) is 51.9 Å². The van der Waals surface area contributed by atoms with Crippen LogP contribution < -0.4 is 4.57 Å². The molecule has 2 heteroatoms. The molecule has 0 N–H and O–H groups in total. The largest absolute Gasteiger partial charge is 0.216 e. The van der Waals surface area contributed by atoms with E-state index in [-0.39, 0.29) is 21.1 Å². The van der Waals surface area contributed by atoms with Gasteiger partial charge in [-0.15, -0.1) is 0 Å². The fourth-order valence-corrected chi connectivity index (χ4v) is 3.77. The van der Waals surface area contributed by atoms with Crippen LogP contribution in [0.5, 0.6) is 0 Å². The molecule has 0 aliphatic heterocycles. The predicted molar refractivity (Wildman–Crippen MR) is 84.1 cm³/mol. The molecule has 1 nitrogen and oxygen atoms in total. The maximum atomic E-state index is 2.35. The molecule has 0 saturated heterocycles. The van der Waals surface area contributed by atoms with Crippen LogP contribution in [0, 0.1) is 34.6 Å². The van der Waals surface area contributed by atoms with Crippen LogP contribution >= 0.6 is 0 Å². The number of aromatic nitrogens is 1. The first-order valence-electron chi connectivity index (χ1n) is 7.50. The number of benzene rings is 1. The van der Waals surface area contributed by atoms with Crippen molar-refractivity contribution in [3.8, 4) is 11.3 Å². The van der Waals surface area contributed by atoms with Gasteiger partial charge < -0.3 is 0 Å². The predicted octanol–water partition coefficient (Wildman–Crippen LogP) is 3.82. The third-order valence-corrected chi connectivity index (χ3v) is 5.11. The molecular weight excluding hydrogens is 437 g/mol. The quantitative estimate of drug-likeness (QED) is 0.526. The standard InChI is InChI=1S/C19H24N.Pt/c1-11-9-12(2)18-16(14(11)4)7-8-17-15(5)13(3)10-20(6)19(17)18;/h9-10H,7-8H2,1-6H3;/q+1;. The summed E-state index contributed by atoms with van der Waals surface area (Å²) in [4.78, 5) is 0. The number of nitrogens with zero attached hydrogens (tertiary/aromatic N) is 1. The van der Waals surface area contributed by atoms with Crippen LogP contribution in [0.25, 0.3) is 11.3 Å². The van der Waals surface area contributed by atoms with Gasteiger partial charge in [0.15, 0.2) is 6.20 Å². The molecule has 0 radical (unpaired) electrons. The van der Waals surface area contributed by atoms with Gasteiger partial charge >= 0.3 is 0 Å². The molecule has 2 aromatic rings. The average molecular weight is 461 g/mol. The minimum Gasteiger partial charge on any atom is -0.200 e. The van der Waals surface area contributed by atoms with Gasteiger partial charge in [0.25, 0.3) is 0 Å². The molecule has 1 aromatic heterocycles. The van der Waals surface area contributed by atoms with Crippen molar-refractivity contribution < 1.29 is 25.6 Å². The monoisotopic (exact) mass is 461 g/mol. The fraction of sp³-hybridized carbons (Fsp3) is 0.421. The first-order chi connectivity index (χ1) is 9.41. The Bertz CT molecular complexity index is 666. The summed E-state index contributed by atoms with van der Waals surface area (Å²) in [5, 5.41) is 0. The van der Waals surface area contributed by atoms with Gasteiger partial charge in [-0.3, -0.25) is 0 Å². The molecule has 0 unspecified atom stereocenters. The van der Waals surface area contributed by atoms with E-state index in [0.29, 0.717) is 0 Å². The number of fused-ring (bicyclic) bond motifs is 3. The maximum absolute atomic E-state index is 2.35. The smallest absolute Gasteiger partial charge is 0.200 e. The Balaban J connectivity index is 0.00000161. The average Bonchev–Trinajstić information content (AvgIpc) is 2.41. The van der Waals surface area contributed by atoms with E-state index in [2.05, 4.69) is 58.5 Å². The van der Waals surface area contributed by atoms with Crippen LogP contribution in [-0.4, -0.2) is 0 Å². The van der Waals surface area contributed by atoms with Crippen LogP contribution in [0.1, 0.15) is 38.9 Å². The number of hydrogen-bond donors (Lipinski definition) is 0. The molecule has 1 aliphatic rings. The molecule has 0 spiro atoms. The summed E-state index contributed by atoms with van der Waals surface area (Å²) in [6.07, 6.45) is 4.63. The molecule has 0 amide bonds. The SMILES string of the molecule is Cc1cc(C)c2c(c1C)CCc1c(C)c(C)c[n+](C)c1-2.[Pt]. The molecule has 3 rings (SSSR count). The van der Waals surface area contributed by atoms with Crippen molar-refractivity contribution in [1.82, 2.24) is 0 Å². The van der Waals surface area contributed by atoms with E-state index in [0.717, 1.165) is 0 Å². The second-order valence-corrected chi connectivity index (χ2v) is 6.36. The maximum Gasteiger partial charge on any atom is 0.216 e. The molecule has 114 valence electrons. The van der Waals surface area contributed by atoms with E-state index in [1.54, 1.807) is 11.1 Å². The van der Waals surface area contributed by atoms with Crippen LogP contribution in [-0.2, 0) is 41.0 Å². The topological polar surface area (TPSA) is 3.88 Å². The molecule has 0 bridgehead atoms. The van der Waals surface area contributed by atoms with Gasteiger partial charge in [0.1, 0.15) is 7.05 Å². The van der Waals surface area contributed by atoms with Crippen molar-refractivity contribution in [3.63, 3.8) is 0 Å². The zero-order valence-corrected chi connectivity index (χ0v) is 16.1. The summed E-state index contributed by atoms with van der Waals surface area (Å²) in [5.74, 6) is 0. The van der Waals surface area contributed by atoms with Crippen LogP contribution in [0.2, 0.25) is 0 Å². The molecule has 1 aliphatic carbocycles. The summed E-state index contributed by atoms with van der Waals surface area (Å²) in [6, 6.07) is 2.35. The second-order valence-electron chi connectivity index (χ2n) is 6.36. The molecule has 0 atom stereocenters. The van der Waals surface area contributed by atoms with Crippen molar-refractivity contribution in [2.75, 3.05) is 0 Å². The van der Waals surface area contributed by atoms with E-state index in [9.17, 15) is 0 Å². The minimum atomic E-state index is 0. The summed E-state index contributed by atoms with van der Waals surface area (Å²) in [6.45, 7) is 11.3. The molecule has 1 heterocycles. The summed E-state index contributed by atoms with van der Waals surface area (Å²) >= 11 is 0. The summed E-state index contributed by atoms with van der Waals surface area (Å²) in [7, 11) is 2.19. The number of pyridine rings is 1. The zero-order valence-electron chi connectivity index (χ0n) is 13.8. The van der Waals surface area contributed by atoms with E-state index in [1.807, 2.05) is 0 Å². The Morgan fingerprint density at radius 2 is 1.38 bits per heavy atom. The second kappa shape index (κ2) is 5.69. The van der Waals surface area contributed by atoms with Crippen molar-refractivity contribution in [3.05, 3.63) is 51.2 Å². The van der Waals surface area contributed by atoms with Gasteiger partial charge in [-0.1, -0.05) is 6.07 Å². The molecular formula is C19H24NPt+. The van der Waals surface area contributed by atoms with Crippen LogP contribution in [0.4, 0.5) is 0 Å². The Hall–Kier alpha value is -0.942. The molecule has 1 aromatic carbocycles. The van der Waals surface area contributed by atoms with Gasteiger partial charge in [-0.25, -0.2) is 4.57 Å². The number of hydrogen-bond acceptors (Lipinski definition) is 0.